The van der Waals surface area contributed by atoms with Gasteiger partial charge in [-0.15, -0.1) is 10.2 Å². The molecule has 0 saturated heterocycles. The minimum Gasteiger partial charge on any atom is -0.495 e. The summed E-state index contributed by atoms with van der Waals surface area (Å²) in [6.45, 7) is 0. The Bertz CT molecular complexity index is 998. The van der Waals surface area contributed by atoms with Crippen molar-refractivity contribution >= 4 is 34.7 Å². The van der Waals surface area contributed by atoms with Crippen LogP contribution >= 0.6 is 11.6 Å². The molecular formula is C19H14ClN5O2. The molecule has 27 heavy (non-hydrogen) atoms. The van der Waals surface area contributed by atoms with Crippen LogP contribution in [0.2, 0.25) is 5.02 Å². The predicted molar refractivity (Wildman–Crippen MR) is 102 cm³/mol. The van der Waals surface area contributed by atoms with Crippen molar-refractivity contribution in [3.63, 3.8) is 0 Å². The third-order valence-corrected chi connectivity index (χ3v) is 3.83. The number of nitriles is 1. The van der Waals surface area contributed by atoms with Crippen LogP contribution in [0.3, 0.4) is 0 Å². The van der Waals surface area contributed by atoms with Gasteiger partial charge in [-0.05, 0) is 54.6 Å². The zero-order valence-electron chi connectivity index (χ0n) is 14.2. The minimum absolute atomic E-state index is 0.141. The van der Waals surface area contributed by atoms with Gasteiger partial charge in [-0.25, -0.2) is 0 Å². The molecule has 0 bridgehead atoms. The van der Waals surface area contributed by atoms with Gasteiger partial charge in [0.05, 0.1) is 24.4 Å². The fraction of sp³-hybridized carbons (Fsp3) is 0.0526. The summed E-state index contributed by atoms with van der Waals surface area (Å²) in [6, 6.07) is 17.0. The predicted octanol–water partition coefficient (Wildman–Crippen LogP) is 4.01. The van der Waals surface area contributed by atoms with Crippen molar-refractivity contribution in [2.75, 3.05) is 17.7 Å². The van der Waals surface area contributed by atoms with Gasteiger partial charge in [-0.2, -0.15) is 5.26 Å². The number of hydrogen-bond acceptors (Lipinski definition) is 6. The van der Waals surface area contributed by atoms with Crippen molar-refractivity contribution in [2.24, 2.45) is 0 Å². The van der Waals surface area contributed by atoms with Crippen molar-refractivity contribution in [1.29, 1.82) is 5.26 Å². The molecular weight excluding hydrogens is 366 g/mol. The molecule has 2 N–H and O–H groups in total. The molecule has 0 spiro atoms. The van der Waals surface area contributed by atoms with Gasteiger partial charge in [0.2, 0.25) is 0 Å². The Morgan fingerprint density at radius 2 is 1.89 bits per heavy atom. The highest BCUT2D eigenvalue weighted by molar-refractivity contribution is 6.31. The second-order valence-corrected chi connectivity index (χ2v) is 5.85. The molecule has 3 aromatic rings. The Morgan fingerprint density at radius 1 is 1.11 bits per heavy atom. The molecule has 134 valence electrons. The number of benzene rings is 2. The lowest BCUT2D eigenvalue weighted by Gasteiger charge is -2.10. The average molecular weight is 380 g/mol. The van der Waals surface area contributed by atoms with Crippen LogP contribution < -0.4 is 15.4 Å². The highest BCUT2D eigenvalue weighted by Crippen LogP contribution is 2.28. The minimum atomic E-state index is -0.437. The number of hydrogen-bond donors (Lipinski definition) is 2. The first kappa shape index (κ1) is 18.2. The number of amides is 1. The molecule has 1 amide bonds. The summed E-state index contributed by atoms with van der Waals surface area (Å²) in [6.07, 6.45) is 0. The maximum Gasteiger partial charge on any atom is 0.276 e. The first-order chi connectivity index (χ1) is 13.1. The lowest BCUT2D eigenvalue weighted by atomic mass is 10.2. The topological polar surface area (TPSA) is 99.9 Å². The summed E-state index contributed by atoms with van der Waals surface area (Å²) in [5, 5.41) is 23.0. The highest BCUT2D eigenvalue weighted by Gasteiger charge is 2.12. The van der Waals surface area contributed by atoms with Gasteiger partial charge in [0.25, 0.3) is 5.91 Å². The summed E-state index contributed by atoms with van der Waals surface area (Å²) in [5.41, 5.74) is 1.90. The van der Waals surface area contributed by atoms with Crippen LogP contribution in [0.4, 0.5) is 17.2 Å². The zero-order chi connectivity index (χ0) is 19.2. The third-order valence-electron chi connectivity index (χ3n) is 3.59. The fourth-order valence-electron chi connectivity index (χ4n) is 2.26. The van der Waals surface area contributed by atoms with Crippen molar-refractivity contribution in [1.82, 2.24) is 10.2 Å². The van der Waals surface area contributed by atoms with Crippen LogP contribution in [0.15, 0.2) is 54.6 Å². The molecule has 3 rings (SSSR count). The Balaban J connectivity index is 1.70. The van der Waals surface area contributed by atoms with Gasteiger partial charge in [0, 0.05) is 10.7 Å². The Labute approximate surface area is 160 Å². The molecule has 0 atom stereocenters. The van der Waals surface area contributed by atoms with Gasteiger partial charge >= 0.3 is 0 Å². The first-order valence-corrected chi connectivity index (χ1v) is 8.22. The van der Waals surface area contributed by atoms with Gasteiger partial charge in [-0.3, -0.25) is 4.79 Å². The van der Waals surface area contributed by atoms with E-state index in [1.807, 2.05) is 0 Å². The molecule has 1 heterocycles. The van der Waals surface area contributed by atoms with E-state index < -0.39 is 5.91 Å². The zero-order valence-corrected chi connectivity index (χ0v) is 15.0. The summed E-state index contributed by atoms with van der Waals surface area (Å²) >= 11 is 5.96. The third kappa shape index (κ3) is 4.51. The number of halogens is 1. The van der Waals surface area contributed by atoms with E-state index in [9.17, 15) is 4.79 Å². The van der Waals surface area contributed by atoms with Gasteiger partial charge in [-0.1, -0.05) is 11.6 Å². The van der Waals surface area contributed by atoms with Crippen molar-refractivity contribution in [3.8, 4) is 11.8 Å². The molecule has 0 aliphatic heterocycles. The summed E-state index contributed by atoms with van der Waals surface area (Å²) in [7, 11) is 1.50. The number of nitrogens with one attached hydrogen (secondary N) is 2. The van der Waals surface area contributed by atoms with E-state index >= 15 is 0 Å². The second kappa shape index (κ2) is 8.17. The Kier molecular flexibility index (Phi) is 5.50. The molecule has 0 fully saturated rings. The molecule has 2 aromatic carbocycles. The number of carbonyl (C=O) groups is 1. The van der Waals surface area contributed by atoms with Crippen LogP contribution in [0.1, 0.15) is 16.1 Å². The van der Waals surface area contributed by atoms with Crippen LogP contribution in [-0.2, 0) is 0 Å². The largest absolute Gasteiger partial charge is 0.495 e. The smallest absolute Gasteiger partial charge is 0.276 e. The quantitative estimate of drug-likeness (QED) is 0.694. The number of carbonyl (C=O) groups excluding carboxylic acids is 1. The number of rotatable bonds is 5. The van der Waals surface area contributed by atoms with Crippen LogP contribution in [0.25, 0.3) is 0 Å². The van der Waals surface area contributed by atoms with E-state index in [0.29, 0.717) is 27.8 Å². The van der Waals surface area contributed by atoms with Gasteiger partial charge < -0.3 is 15.4 Å². The standard InChI is InChI=1S/C19H14ClN5O2/c1-27-17-8-4-13(20)10-16(17)23-19(26)15-7-9-18(25-24-15)22-14-5-2-12(11-21)3-6-14/h2-10H,1H3,(H,22,25)(H,23,26). The average Bonchev–Trinajstić information content (AvgIpc) is 2.69. The van der Waals surface area contributed by atoms with Crippen LogP contribution in [0, 0.1) is 11.3 Å². The normalized spacial score (nSPS) is 9.96. The monoisotopic (exact) mass is 379 g/mol. The van der Waals surface area contributed by atoms with Crippen molar-refractivity contribution < 1.29 is 9.53 Å². The Hall–Kier alpha value is -3.63. The number of methoxy groups -OCH3 is 1. The van der Waals surface area contributed by atoms with Crippen LogP contribution in [-0.4, -0.2) is 23.2 Å². The molecule has 0 aliphatic rings. The molecule has 0 saturated carbocycles. The highest BCUT2D eigenvalue weighted by atomic mass is 35.5. The number of ether oxygens (including phenoxy) is 1. The van der Waals surface area contributed by atoms with Crippen molar-refractivity contribution in [3.05, 3.63) is 70.9 Å². The van der Waals surface area contributed by atoms with E-state index in [4.69, 9.17) is 21.6 Å². The van der Waals surface area contributed by atoms with E-state index in [1.54, 1.807) is 54.6 Å². The van der Waals surface area contributed by atoms with E-state index in [0.717, 1.165) is 5.69 Å². The first-order valence-electron chi connectivity index (χ1n) is 7.85. The van der Waals surface area contributed by atoms with E-state index in [1.165, 1.54) is 7.11 Å². The van der Waals surface area contributed by atoms with Gasteiger partial charge in [0.1, 0.15) is 5.75 Å². The second-order valence-electron chi connectivity index (χ2n) is 5.42. The van der Waals surface area contributed by atoms with E-state index in [2.05, 4.69) is 26.9 Å². The summed E-state index contributed by atoms with van der Waals surface area (Å²) in [4.78, 5) is 12.4. The van der Waals surface area contributed by atoms with Crippen molar-refractivity contribution in [2.45, 2.75) is 0 Å². The summed E-state index contributed by atoms with van der Waals surface area (Å²) in [5.74, 6) is 0.518. The van der Waals surface area contributed by atoms with Crippen LogP contribution in [0.5, 0.6) is 5.75 Å². The SMILES string of the molecule is COc1ccc(Cl)cc1NC(=O)c1ccc(Nc2ccc(C#N)cc2)nn1. The number of aromatic nitrogens is 2. The molecule has 8 heteroatoms. The molecule has 1 aromatic heterocycles. The summed E-state index contributed by atoms with van der Waals surface area (Å²) < 4.78 is 5.20. The molecule has 0 aliphatic carbocycles. The number of nitrogens with zero attached hydrogens (tertiary/aromatic N) is 3. The molecule has 7 nitrogen and oxygen atoms in total. The van der Waals surface area contributed by atoms with Gasteiger partial charge in [0.15, 0.2) is 11.5 Å². The Morgan fingerprint density at radius 3 is 2.52 bits per heavy atom. The molecule has 0 unspecified atom stereocenters. The number of anilines is 3. The molecule has 0 radical (unpaired) electrons. The fourth-order valence-corrected chi connectivity index (χ4v) is 2.43. The maximum absolute atomic E-state index is 12.4. The van der Waals surface area contributed by atoms with E-state index in [-0.39, 0.29) is 5.69 Å². The lowest BCUT2D eigenvalue weighted by Crippen LogP contribution is -2.15. The lowest BCUT2D eigenvalue weighted by molar-refractivity contribution is 0.102. The maximum atomic E-state index is 12.4.